The fraction of sp³-hybridized carbons (Fsp3) is 0.391. The third-order valence-electron chi connectivity index (χ3n) is 6.10. The molecule has 1 spiro atoms. The van der Waals surface area contributed by atoms with E-state index in [1.165, 1.54) is 6.07 Å². The summed E-state index contributed by atoms with van der Waals surface area (Å²) in [6, 6.07) is 11.0. The number of carbonyl (C=O) groups excluding carboxylic acids is 2. The molecule has 0 aromatic heterocycles. The van der Waals surface area contributed by atoms with Crippen LogP contribution in [0.5, 0.6) is 0 Å². The Kier molecular flexibility index (Phi) is 5.56. The van der Waals surface area contributed by atoms with E-state index in [2.05, 4.69) is 5.32 Å². The SMILES string of the molecule is COCc1ccc(C(=O)N2C[C@@H](c3ccc(F)c(F)c3)[C@@]3(CCCC(=O)N3)C2)cc1. The summed E-state index contributed by atoms with van der Waals surface area (Å²) in [4.78, 5) is 27.1. The van der Waals surface area contributed by atoms with Crippen LogP contribution in [0.1, 0.15) is 46.7 Å². The van der Waals surface area contributed by atoms with Crippen molar-refractivity contribution in [3.8, 4) is 0 Å². The number of likely N-dealkylation sites (tertiary alicyclic amines) is 1. The third kappa shape index (κ3) is 3.81. The van der Waals surface area contributed by atoms with Crippen molar-refractivity contribution >= 4 is 11.8 Å². The van der Waals surface area contributed by atoms with E-state index in [1.807, 2.05) is 12.1 Å². The molecule has 2 fully saturated rings. The second kappa shape index (κ2) is 8.14. The number of carbonyl (C=O) groups is 2. The number of amides is 2. The number of benzene rings is 2. The van der Waals surface area contributed by atoms with Gasteiger partial charge in [0.15, 0.2) is 11.6 Å². The molecule has 2 aliphatic rings. The lowest BCUT2D eigenvalue weighted by atomic mass is 9.76. The number of rotatable bonds is 4. The van der Waals surface area contributed by atoms with Gasteiger partial charge >= 0.3 is 0 Å². The smallest absolute Gasteiger partial charge is 0.253 e. The van der Waals surface area contributed by atoms with Crippen molar-refractivity contribution in [3.05, 3.63) is 70.8 Å². The van der Waals surface area contributed by atoms with E-state index in [0.29, 0.717) is 50.1 Å². The first-order valence-corrected chi connectivity index (χ1v) is 10.0. The molecule has 2 aromatic carbocycles. The predicted molar refractivity (Wildman–Crippen MR) is 107 cm³/mol. The van der Waals surface area contributed by atoms with E-state index < -0.39 is 17.2 Å². The van der Waals surface area contributed by atoms with Gasteiger partial charge in [0.05, 0.1) is 12.1 Å². The fourth-order valence-electron chi connectivity index (χ4n) is 4.66. The van der Waals surface area contributed by atoms with Gasteiger partial charge in [0.25, 0.3) is 5.91 Å². The summed E-state index contributed by atoms with van der Waals surface area (Å²) in [5, 5.41) is 3.07. The summed E-state index contributed by atoms with van der Waals surface area (Å²) >= 11 is 0. The zero-order valence-corrected chi connectivity index (χ0v) is 16.8. The van der Waals surface area contributed by atoms with Crippen LogP contribution >= 0.6 is 0 Å². The molecule has 2 aliphatic heterocycles. The molecular formula is C23H24F2N2O3. The molecule has 0 unspecified atom stereocenters. The Morgan fingerprint density at radius 3 is 2.63 bits per heavy atom. The summed E-state index contributed by atoms with van der Waals surface area (Å²) < 4.78 is 32.5. The number of halogens is 2. The van der Waals surface area contributed by atoms with E-state index in [0.717, 1.165) is 11.6 Å². The molecule has 2 heterocycles. The first kappa shape index (κ1) is 20.5. The summed E-state index contributed by atoms with van der Waals surface area (Å²) in [6.07, 6.45) is 1.81. The quantitative estimate of drug-likeness (QED) is 0.835. The van der Waals surface area contributed by atoms with Crippen molar-refractivity contribution in [2.45, 2.75) is 37.3 Å². The monoisotopic (exact) mass is 414 g/mol. The van der Waals surface area contributed by atoms with E-state index in [4.69, 9.17) is 4.74 Å². The molecule has 5 nitrogen and oxygen atoms in total. The second-order valence-corrected chi connectivity index (χ2v) is 8.10. The molecule has 158 valence electrons. The predicted octanol–water partition coefficient (Wildman–Crippen LogP) is 3.39. The Morgan fingerprint density at radius 2 is 1.97 bits per heavy atom. The van der Waals surface area contributed by atoms with Crippen LogP contribution < -0.4 is 5.32 Å². The first-order chi connectivity index (χ1) is 14.4. The van der Waals surface area contributed by atoms with Crippen molar-refractivity contribution in [1.29, 1.82) is 0 Å². The van der Waals surface area contributed by atoms with Gasteiger partial charge in [-0.3, -0.25) is 9.59 Å². The van der Waals surface area contributed by atoms with Crippen LogP contribution in [0.15, 0.2) is 42.5 Å². The minimum absolute atomic E-state index is 0.0768. The van der Waals surface area contributed by atoms with Gasteiger partial charge in [0.1, 0.15) is 0 Å². The maximum atomic E-state index is 13.9. The average molecular weight is 414 g/mol. The van der Waals surface area contributed by atoms with Crippen LogP contribution in [0, 0.1) is 11.6 Å². The minimum Gasteiger partial charge on any atom is -0.380 e. The zero-order chi connectivity index (χ0) is 21.3. The molecule has 0 radical (unpaired) electrons. The van der Waals surface area contributed by atoms with Gasteiger partial charge in [0, 0.05) is 38.1 Å². The first-order valence-electron chi connectivity index (χ1n) is 10.0. The van der Waals surface area contributed by atoms with Gasteiger partial charge in [-0.1, -0.05) is 18.2 Å². The van der Waals surface area contributed by atoms with E-state index in [1.54, 1.807) is 30.2 Å². The summed E-state index contributed by atoms with van der Waals surface area (Å²) in [7, 11) is 1.61. The maximum absolute atomic E-state index is 13.9. The van der Waals surface area contributed by atoms with Crippen LogP contribution in [-0.2, 0) is 16.1 Å². The topological polar surface area (TPSA) is 58.6 Å². The lowest BCUT2D eigenvalue weighted by Gasteiger charge is -2.39. The fourth-order valence-corrected chi connectivity index (χ4v) is 4.66. The number of ether oxygens (including phenoxy) is 1. The van der Waals surface area contributed by atoms with Crippen molar-refractivity contribution in [2.75, 3.05) is 20.2 Å². The molecule has 1 N–H and O–H groups in total. The molecule has 0 saturated carbocycles. The lowest BCUT2D eigenvalue weighted by molar-refractivity contribution is -0.125. The van der Waals surface area contributed by atoms with Crippen molar-refractivity contribution < 1.29 is 23.1 Å². The Morgan fingerprint density at radius 1 is 1.20 bits per heavy atom. The molecule has 0 aliphatic carbocycles. The molecule has 4 rings (SSSR count). The molecule has 7 heteroatoms. The Bertz CT molecular complexity index is 963. The average Bonchev–Trinajstić information content (AvgIpc) is 3.08. The summed E-state index contributed by atoms with van der Waals surface area (Å²) in [5.74, 6) is -2.38. The zero-order valence-electron chi connectivity index (χ0n) is 16.8. The number of piperidine rings is 1. The van der Waals surface area contributed by atoms with Crippen LogP contribution in [0.25, 0.3) is 0 Å². The Labute approximate surface area is 174 Å². The molecular weight excluding hydrogens is 390 g/mol. The van der Waals surface area contributed by atoms with Crippen LogP contribution in [-0.4, -0.2) is 42.5 Å². The Hall–Kier alpha value is -2.80. The normalized spacial score (nSPS) is 23.6. The Balaban J connectivity index is 1.63. The largest absolute Gasteiger partial charge is 0.380 e. The van der Waals surface area contributed by atoms with E-state index in [-0.39, 0.29) is 17.7 Å². The second-order valence-electron chi connectivity index (χ2n) is 8.10. The lowest BCUT2D eigenvalue weighted by Crippen LogP contribution is -2.56. The van der Waals surface area contributed by atoms with E-state index >= 15 is 0 Å². The van der Waals surface area contributed by atoms with Gasteiger partial charge in [0.2, 0.25) is 5.91 Å². The van der Waals surface area contributed by atoms with Gasteiger partial charge in [-0.25, -0.2) is 8.78 Å². The molecule has 2 amide bonds. The number of nitrogens with one attached hydrogen (secondary N) is 1. The number of nitrogens with zero attached hydrogens (tertiary/aromatic N) is 1. The van der Waals surface area contributed by atoms with Crippen LogP contribution in [0.3, 0.4) is 0 Å². The van der Waals surface area contributed by atoms with Crippen molar-refractivity contribution in [3.63, 3.8) is 0 Å². The number of hydrogen-bond donors (Lipinski definition) is 1. The highest BCUT2D eigenvalue weighted by Crippen LogP contribution is 2.42. The van der Waals surface area contributed by atoms with Crippen LogP contribution in [0.2, 0.25) is 0 Å². The maximum Gasteiger partial charge on any atom is 0.253 e. The molecule has 30 heavy (non-hydrogen) atoms. The summed E-state index contributed by atoms with van der Waals surface area (Å²) in [6.45, 7) is 1.12. The standard InChI is InChI=1S/C23H24F2N2O3/c1-30-13-15-4-6-16(7-5-15)22(29)27-12-18(17-8-9-19(24)20(25)11-17)23(14-27)10-2-3-21(28)26-23/h4-9,11,18H,2-3,10,12-14H2,1H3,(H,26,28)/t18-,23+/m0/s1. The number of methoxy groups -OCH3 is 1. The number of hydrogen-bond acceptors (Lipinski definition) is 3. The van der Waals surface area contributed by atoms with Gasteiger partial charge < -0.3 is 15.0 Å². The van der Waals surface area contributed by atoms with Crippen molar-refractivity contribution in [1.82, 2.24) is 10.2 Å². The molecule has 0 bridgehead atoms. The molecule has 2 atom stereocenters. The van der Waals surface area contributed by atoms with E-state index in [9.17, 15) is 18.4 Å². The van der Waals surface area contributed by atoms with Gasteiger partial charge in [-0.05, 0) is 48.2 Å². The van der Waals surface area contributed by atoms with Gasteiger partial charge in [-0.2, -0.15) is 0 Å². The molecule has 2 saturated heterocycles. The summed E-state index contributed by atoms with van der Waals surface area (Å²) in [5.41, 5.74) is 1.41. The van der Waals surface area contributed by atoms with Crippen molar-refractivity contribution in [2.24, 2.45) is 0 Å². The highest BCUT2D eigenvalue weighted by molar-refractivity contribution is 5.94. The molecule has 2 aromatic rings. The highest BCUT2D eigenvalue weighted by atomic mass is 19.2. The van der Waals surface area contributed by atoms with Gasteiger partial charge in [-0.15, -0.1) is 0 Å². The minimum atomic E-state index is -0.928. The third-order valence-corrected chi connectivity index (χ3v) is 6.10. The highest BCUT2D eigenvalue weighted by Gasteiger charge is 2.50. The van der Waals surface area contributed by atoms with Crippen LogP contribution in [0.4, 0.5) is 8.78 Å².